The largest absolute Gasteiger partial charge is 0.459 e. The number of aromatic nitrogens is 1. The molecule has 27 heavy (non-hydrogen) atoms. The molecule has 0 spiro atoms. The Morgan fingerprint density at radius 3 is 1.96 bits per heavy atom. The Morgan fingerprint density at radius 2 is 1.33 bits per heavy atom. The number of rotatable bonds is 4. The van der Waals surface area contributed by atoms with Crippen molar-refractivity contribution < 1.29 is 9.53 Å². The number of esters is 1. The van der Waals surface area contributed by atoms with Gasteiger partial charge >= 0.3 is 5.97 Å². The molecule has 3 heteroatoms. The molecule has 3 aliphatic rings. The Balaban J connectivity index is 1.64. The highest BCUT2D eigenvalue weighted by atomic mass is 16.5. The molecule has 1 aromatic rings. The molecule has 4 rings (SSSR count). The van der Waals surface area contributed by atoms with Crippen LogP contribution in [0.5, 0.6) is 0 Å². The van der Waals surface area contributed by atoms with E-state index in [1.807, 2.05) is 6.20 Å². The van der Waals surface area contributed by atoms with E-state index in [1.165, 1.54) is 89.0 Å². The maximum absolute atomic E-state index is 13.4. The fourth-order valence-corrected chi connectivity index (χ4v) is 5.55. The topological polar surface area (TPSA) is 39.2 Å². The Kier molecular flexibility index (Phi) is 6.47. The molecule has 3 nitrogen and oxygen atoms in total. The molecule has 0 N–H and O–H groups in total. The summed E-state index contributed by atoms with van der Waals surface area (Å²) in [5.41, 5.74) is 3.16. The van der Waals surface area contributed by atoms with E-state index in [0.29, 0.717) is 11.8 Å². The van der Waals surface area contributed by atoms with E-state index in [1.54, 1.807) is 0 Å². The molecule has 0 bridgehead atoms. The van der Waals surface area contributed by atoms with Gasteiger partial charge in [0, 0.05) is 12.1 Å². The Bertz CT molecular complexity index is 587. The van der Waals surface area contributed by atoms with Crippen LogP contribution in [0, 0.1) is 0 Å². The number of hydrogen-bond acceptors (Lipinski definition) is 3. The van der Waals surface area contributed by atoms with Crippen LogP contribution in [0.1, 0.15) is 130 Å². The highest BCUT2D eigenvalue weighted by Gasteiger charge is 2.31. The second-order valence-electron chi connectivity index (χ2n) is 9.00. The van der Waals surface area contributed by atoms with Crippen molar-refractivity contribution in [3.63, 3.8) is 0 Å². The first kappa shape index (κ1) is 19.0. The summed E-state index contributed by atoms with van der Waals surface area (Å²) in [6, 6.07) is 2.12. The van der Waals surface area contributed by atoms with Gasteiger partial charge in [-0.2, -0.15) is 0 Å². The Hall–Kier alpha value is -1.38. The van der Waals surface area contributed by atoms with Crippen LogP contribution in [-0.4, -0.2) is 17.1 Å². The molecule has 0 atom stereocenters. The number of hydrogen-bond donors (Lipinski definition) is 0. The molecular formula is C24H35NO2. The summed E-state index contributed by atoms with van der Waals surface area (Å²) in [5.74, 6) is 0.880. The molecule has 0 aromatic carbocycles. The van der Waals surface area contributed by atoms with Gasteiger partial charge in [0.05, 0.1) is 11.3 Å². The molecule has 3 aliphatic carbocycles. The summed E-state index contributed by atoms with van der Waals surface area (Å²) in [7, 11) is 0. The minimum Gasteiger partial charge on any atom is -0.459 e. The van der Waals surface area contributed by atoms with Crippen LogP contribution in [0.15, 0.2) is 12.3 Å². The van der Waals surface area contributed by atoms with Crippen LogP contribution < -0.4 is 0 Å². The van der Waals surface area contributed by atoms with Crippen molar-refractivity contribution in [3.05, 3.63) is 29.1 Å². The lowest BCUT2D eigenvalue weighted by molar-refractivity contribution is 0.0206. The Morgan fingerprint density at radius 1 is 0.778 bits per heavy atom. The van der Waals surface area contributed by atoms with Gasteiger partial charge in [-0.05, 0) is 68.9 Å². The monoisotopic (exact) mass is 369 g/mol. The van der Waals surface area contributed by atoms with Crippen molar-refractivity contribution in [2.75, 3.05) is 0 Å². The normalized spacial score (nSPS) is 23.3. The quantitative estimate of drug-likeness (QED) is 0.557. The van der Waals surface area contributed by atoms with Gasteiger partial charge in [-0.15, -0.1) is 0 Å². The lowest BCUT2D eigenvalue weighted by Gasteiger charge is -2.29. The van der Waals surface area contributed by atoms with Crippen molar-refractivity contribution in [3.8, 4) is 0 Å². The zero-order chi connectivity index (χ0) is 18.5. The number of ether oxygens (including phenoxy) is 1. The first-order valence-electron chi connectivity index (χ1n) is 11.5. The van der Waals surface area contributed by atoms with E-state index in [2.05, 4.69) is 6.07 Å². The van der Waals surface area contributed by atoms with Crippen molar-refractivity contribution in [1.29, 1.82) is 0 Å². The third-order valence-electron chi connectivity index (χ3n) is 7.08. The maximum atomic E-state index is 13.4. The molecular weight excluding hydrogens is 334 g/mol. The minimum absolute atomic E-state index is 0.0730. The zero-order valence-electron chi connectivity index (χ0n) is 16.8. The minimum atomic E-state index is -0.0730. The lowest BCUT2D eigenvalue weighted by atomic mass is 9.79. The van der Waals surface area contributed by atoms with E-state index >= 15 is 0 Å². The van der Waals surface area contributed by atoms with Crippen LogP contribution in [0.2, 0.25) is 0 Å². The van der Waals surface area contributed by atoms with Crippen molar-refractivity contribution in [2.45, 2.75) is 114 Å². The predicted molar refractivity (Wildman–Crippen MR) is 108 cm³/mol. The summed E-state index contributed by atoms with van der Waals surface area (Å²) < 4.78 is 6.06. The highest BCUT2D eigenvalue weighted by molar-refractivity contribution is 5.93. The SMILES string of the molecule is O=C(OC1CCCCC1)c1c(C2CCCCC2)ccnc1C1CCCCC1. The average molecular weight is 370 g/mol. The lowest BCUT2D eigenvalue weighted by Crippen LogP contribution is -2.25. The summed E-state index contributed by atoms with van der Waals surface area (Å²) >= 11 is 0. The average Bonchev–Trinajstić information content (AvgIpc) is 2.75. The molecule has 3 saturated carbocycles. The van der Waals surface area contributed by atoms with Crippen LogP contribution in [0.3, 0.4) is 0 Å². The summed E-state index contributed by atoms with van der Waals surface area (Å²) in [6.45, 7) is 0. The molecule has 0 aliphatic heterocycles. The van der Waals surface area contributed by atoms with E-state index in [-0.39, 0.29) is 12.1 Å². The number of nitrogens with zero attached hydrogens (tertiary/aromatic N) is 1. The molecule has 0 unspecified atom stereocenters. The van der Waals surface area contributed by atoms with Crippen LogP contribution in [0.25, 0.3) is 0 Å². The smallest absolute Gasteiger partial charge is 0.340 e. The predicted octanol–water partition coefficient (Wildman–Crippen LogP) is 6.67. The molecule has 0 amide bonds. The number of carbonyl (C=O) groups is 1. The fourth-order valence-electron chi connectivity index (χ4n) is 5.55. The third kappa shape index (κ3) is 4.55. The van der Waals surface area contributed by atoms with E-state index in [9.17, 15) is 4.79 Å². The van der Waals surface area contributed by atoms with E-state index < -0.39 is 0 Å². The molecule has 0 radical (unpaired) electrons. The second-order valence-corrected chi connectivity index (χ2v) is 9.00. The van der Waals surface area contributed by atoms with Gasteiger partial charge in [-0.25, -0.2) is 4.79 Å². The standard InChI is InChI=1S/C24H35NO2/c26-24(27-20-14-8-3-9-15-20)22-21(18-10-4-1-5-11-18)16-17-25-23(22)19-12-6-2-7-13-19/h16-20H,1-15H2. The molecule has 1 aromatic heterocycles. The van der Waals surface area contributed by atoms with Gasteiger partial charge in [0.25, 0.3) is 0 Å². The summed E-state index contributed by atoms with van der Waals surface area (Å²) in [6.07, 6.45) is 20.3. The summed E-state index contributed by atoms with van der Waals surface area (Å²) in [5, 5.41) is 0. The molecule has 0 saturated heterocycles. The van der Waals surface area contributed by atoms with Crippen molar-refractivity contribution in [2.24, 2.45) is 0 Å². The molecule has 3 fully saturated rings. The van der Waals surface area contributed by atoms with E-state index in [0.717, 1.165) is 24.1 Å². The van der Waals surface area contributed by atoms with E-state index in [4.69, 9.17) is 9.72 Å². The highest BCUT2D eigenvalue weighted by Crippen LogP contribution is 2.40. The van der Waals surface area contributed by atoms with Crippen molar-refractivity contribution >= 4 is 5.97 Å². The number of carbonyl (C=O) groups excluding carboxylic acids is 1. The van der Waals surface area contributed by atoms with Gasteiger partial charge in [-0.1, -0.05) is 44.9 Å². The fraction of sp³-hybridized carbons (Fsp3) is 0.750. The number of pyridine rings is 1. The van der Waals surface area contributed by atoms with Gasteiger partial charge < -0.3 is 4.74 Å². The summed E-state index contributed by atoms with van der Waals surface area (Å²) in [4.78, 5) is 18.1. The molecule has 1 heterocycles. The Labute approximate surface area is 164 Å². The zero-order valence-corrected chi connectivity index (χ0v) is 16.8. The van der Waals surface area contributed by atoms with Gasteiger partial charge in [0.1, 0.15) is 6.10 Å². The molecule has 148 valence electrons. The third-order valence-corrected chi connectivity index (χ3v) is 7.08. The second kappa shape index (κ2) is 9.21. The maximum Gasteiger partial charge on any atom is 0.340 e. The first-order valence-corrected chi connectivity index (χ1v) is 11.5. The van der Waals surface area contributed by atoms with Crippen molar-refractivity contribution in [1.82, 2.24) is 4.98 Å². The van der Waals surface area contributed by atoms with Crippen LogP contribution in [0.4, 0.5) is 0 Å². The van der Waals surface area contributed by atoms with Gasteiger partial charge in [0.15, 0.2) is 0 Å². The van der Waals surface area contributed by atoms with Crippen LogP contribution in [-0.2, 0) is 4.74 Å². The van der Waals surface area contributed by atoms with Crippen LogP contribution >= 0.6 is 0 Å². The van der Waals surface area contributed by atoms with Gasteiger partial charge in [-0.3, -0.25) is 4.98 Å². The first-order chi connectivity index (χ1) is 13.3. The van der Waals surface area contributed by atoms with Gasteiger partial charge in [0.2, 0.25) is 0 Å².